The second-order valence-electron chi connectivity index (χ2n) is 5.60. The van der Waals surface area contributed by atoms with Gasteiger partial charge in [0, 0.05) is 11.8 Å². The molecule has 0 aromatic heterocycles. The lowest BCUT2D eigenvalue weighted by atomic mass is 10.1. The van der Waals surface area contributed by atoms with E-state index in [1.54, 1.807) is 12.1 Å². The summed E-state index contributed by atoms with van der Waals surface area (Å²) in [7, 11) is -2.60. The van der Waals surface area contributed by atoms with Gasteiger partial charge in [-0.3, -0.25) is 14.9 Å². The maximum absolute atomic E-state index is 12.0. The highest BCUT2D eigenvalue weighted by molar-refractivity contribution is 7.89. The van der Waals surface area contributed by atoms with E-state index in [1.165, 1.54) is 19.2 Å². The first-order valence-electron chi connectivity index (χ1n) is 8.11. The minimum absolute atomic E-state index is 0.0477. The number of nitrogens with one attached hydrogen (secondary N) is 3. The molecule has 0 heterocycles. The predicted molar refractivity (Wildman–Crippen MR) is 102 cm³/mol. The van der Waals surface area contributed by atoms with E-state index in [-0.39, 0.29) is 23.0 Å². The lowest BCUT2D eigenvalue weighted by Gasteiger charge is -2.10. The van der Waals surface area contributed by atoms with Gasteiger partial charge in [0.2, 0.25) is 15.9 Å². The summed E-state index contributed by atoms with van der Waals surface area (Å²) in [5, 5.41) is 16.6. The molecule has 9 nitrogen and oxygen atoms in total. The third-order valence-corrected chi connectivity index (χ3v) is 5.24. The van der Waals surface area contributed by atoms with E-state index in [9.17, 15) is 23.3 Å². The molecule has 0 aliphatic heterocycles. The van der Waals surface area contributed by atoms with Crippen LogP contribution in [-0.4, -0.2) is 32.8 Å². The van der Waals surface area contributed by atoms with Crippen LogP contribution in [-0.2, 0) is 21.2 Å². The molecule has 0 saturated heterocycles. The highest BCUT2D eigenvalue weighted by Crippen LogP contribution is 2.27. The number of amides is 1. The van der Waals surface area contributed by atoms with Crippen LogP contribution in [0.4, 0.5) is 17.1 Å². The van der Waals surface area contributed by atoms with Gasteiger partial charge in [0.1, 0.15) is 5.69 Å². The molecule has 0 unspecified atom stereocenters. The number of nitrogens with zero attached hydrogens (tertiary/aromatic N) is 1. The van der Waals surface area contributed by atoms with Gasteiger partial charge in [-0.15, -0.1) is 0 Å². The maximum atomic E-state index is 12.0. The zero-order valence-corrected chi connectivity index (χ0v) is 15.7. The maximum Gasteiger partial charge on any atom is 0.293 e. The van der Waals surface area contributed by atoms with E-state index >= 15 is 0 Å². The molecule has 144 valence electrons. The largest absolute Gasteiger partial charge is 0.371 e. The van der Waals surface area contributed by atoms with Gasteiger partial charge in [0.25, 0.3) is 5.69 Å². The van der Waals surface area contributed by atoms with Crippen molar-refractivity contribution in [2.24, 2.45) is 0 Å². The molecule has 1 amide bonds. The van der Waals surface area contributed by atoms with Gasteiger partial charge in [-0.2, -0.15) is 0 Å². The topological polar surface area (TPSA) is 130 Å². The molecule has 0 spiro atoms. The van der Waals surface area contributed by atoms with Crippen LogP contribution in [0.5, 0.6) is 0 Å². The van der Waals surface area contributed by atoms with Crippen LogP contribution < -0.4 is 15.4 Å². The fourth-order valence-corrected chi connectivity index (χ4v) is 3.05. The Morgan fingerprint density at radius 2 is 1.81 bits per heavy atom. The number of anilines is 2. The SMILES string of the molecule is CCc1ccc(NC(=O)CNc2ccc(S(=O)(=O)NC)cc2[N+](=O)[O-])cc1. The van der Waals surface area contributed by atoms with Crippen LogP contribution in [0.15, 0.2) is 47.4 Å². The summed E-state index contributed by atoms with van der Waals surface area (Å²) in [6, 6.07) is 10.8. The first kappa shape index (κ1) is 20.3. The molecule has 27 heavy (non-hydrogen) atoms. The molecule has 0 atom stereocenters. The Balaban J connectivity index is 2.09. The van der Waals surface area contributed by atoms with Gasteiger partial charge < -0.3 is 10.6 Å². The van der Waals surface area contributed by atoms with Crippen molar-refractivity contribution in [2.45, 2.75) is 18.2 Å². The van der Waals surface area contributed by atoms with E-state index in [4.69, 9.17) is 0 Å². The van der Waals surface area contributed by atoms with Crippen molar-refractivity contribution in [2.75, 3.05) is 24.2 Å². The Morgan fingerprint density at radius 3 is 2.37 bits per heavy atom. The average molecular weight is 392 g/mol. The molecule has 3 N–H and O–H groups in total. The van der Waals surface area contributed by atoms with Crippen molar-refractivity contribution >= 4 is 33.0 Å². The number of nitro benzene ring substituents is 1. The normalized spacial score (nSPS) is 11.0. The molecule has 0 saturated carbocycles. The monoisotopic (exact) mass is 392 g/mol. The fraction of sp³-hybridized carbons (Fsp3) is 0.235. The second kappa shape index (κ2) is 8.60. The summed E-state index contributed by atoms with van der Waals surface area (Å²) in [6.45, 7) is 1.81. The van der Waals surface area contributed by atoms with Crippen LogP contribution in [0.1, 0.15) is 12.5 Å². The number of rotatable bonds is 8. The lowest BCUT2D eigenvalue weighted by molar-refractivity contribution is -0.384. The van der Waals surface area contributed by atoms with E-state index in [2.05, 4.69) is 15.4 Å². The standard InChI is InChI=1S/C17H20N4O5S/c1-3-12-4-6-13(7-5-12)20-17(22)11-19-15-9-8-14(27(25,26)18-2)10-16(15)21(23)24/h4-10,18-19H,3,11H2,1-2H3,(H,20,22). The lowest BCUT2D eigenvalue weighted by Crippen LogP contribution is -2.22. The number of hydrogen-bond acceptors (Lipinski definition) is 6. The quantitative estimate of drug-likeness (QED) is 0.466. The van der Waals surface area contributed by atoms with Gasteiger partial charge in [0.05, 0.1) is 16.4 Å². The Morgan fingerprint density at radius 1 is 1.15 bits per heavy atom. The van der Waals surface area contributed by atoms with Crippen molar-refractivity contribution in [3.8, 4) is 0 Å². The van der Waals surface area contributed by atoms with Gasteiger partial charge in [0.15, 0.2) is 0 Å². The van der Waals surface area contributed by atoms with Gasteiger partial charge in [-0.1, -0.05) is 19.1 Å². The fourth-order valence-electron chi connectivity index (χ4n) is 2.30. The van der Waals surface area contributed by atoms with Crippen LogP contribution in [0.2, 0.25) is 0 Å². The zero-order chi connectivity index (χ0) is 20.0. The summed E-state index contributed by atoms with van der Waals surface area (Å²) < 4.78 is 25.7. The molecule has 10 heteroatoms. The Labute approximate surface area is 157 Å². The predicted octanol–water partition coefficient (Wildman–Crippen LogP) is 2.12. The number of aryl methyl sites for hydroxylation is 1. The average Bonchev–Trinajstić information content (AvgIpc) is 2.66. The molecule has 0 radical (unpaired) electrons. The summed E-state index contributed by atoms with van der Waals surface area (Å²) in [5.41, 5.74) is 1.36. The zero-order valence-electron chi connectivity index (χ0n) is 14.9. The van der Waals surface area contributed by atoms with Crippen molar-refractivity contribution in [1.29, 1.82) is 0 Å². The first-order valence-corrected chi connectivity index (χ1v) is 9.59. The second-order valence-corrected chi connectivity index (χ2v) is 7.48. The molecule has 2 aromatic carbocycles. The number of nitro groups is 1. The van der Waals surface area contributed by atoms with Crippen molar-refractivity contribution < 1.29 is 18.1 Å². The third-order valence-electron chi connectivity index (χ3n) is 3.83. The number of benzene rings is 2. The summed E-state index contributed by atoms with van der Waals surface area (Å²) >= 11 is 0. The number of carbonyl (C=O) groups is 1. The number of hydrogen-bond donors (Lipinski definition) is 3. The van der Waals surface area contributed by atoms with Crippen molar-refractivity contribution in [1.82, 2.24) is 4.72 Å². The molecule has 0 aliphatic carbocycles. The van der Waals surface area contributed by atoms with Crippen LogP contribution in [0.3, 0.4) is 0 Å². The minimum atomic E-state index is -3.81. The van der Waals surface area contributed by atoms with Gasteiger partial charge in [-0.05, 0) is 43.3 Å². The highest BCUT2D eigenvalue weighted by Gasteiger charge is 2.20. The van der Waals surface area contributed by atoms with E-state index in [0.29, 0.717) is 5.69 Å². The Hall–Kier alpha value is -2.98. The van der Waals surface area contributed by atoms with Crippen LogP contribution in [0, 0.1) is 10.1 Å². The van der Waals surface area contributed by atoms with Crippen molar-refractivity contribution in [3.05, 3.63) is 58.1 Å². The Kier molecular flexibility index (Phi) is 6.48. The first-order chi connectivity index (χ1) is 12.8. The van der Waals surface area contributed by atoms with E-state index in [1.807, 2.05) is 19.1 Å². The molecule has 0 bridgehead atoms. The molecular formula is C17H20N4O5S. The van der Waals surface area contributed by atoms with E-state index in [0.717, 1.165) is 18.1 Å². The molecular weight excluding hydrogens is 372 g/mol. The van der Waals surface area contributed by atoms with Crippen LogP contribution >= 0.6 is 0 Å². The summed E-state index contributed by atoms with van der Waals surface area (Å²) in [4.78, 5) is 22.3. The number of carbonyl (C=O) groups excluding carboxylic acids is 1. The minimum Gasteiger partial charge on any atom is -0.371 e. The van der Waals surface area contributed by atoms with Crippen molar-refractivity contribution in [3.63, 3.8) is 0 Å². The molecule has 2 rings (SSSR count). The molecule has 0 aliphatic rings. The smallest absolute Gasteiger partial charge is 0.293 e. The van der Waals surface area contributed by atoms with Gasteiger partial charge >= 0.3 is 0 Å². The highest BCUT2D eigenvalue weighted by atomic mass is 32.2. The van der Waals surface area contributed by atoms with Gasteiger partial charge in [-0.25, -0.2) is 13.1 Å². The molecule has 2 aromatic rings. The third kappa shape index (κ3) is 5.25. The molecule has 0 fully saturated rings. The Bertz CT molecular complexity index is 942. The number of sulfonamides is 1. The van der Waals surface area contributed by atoms with Crippen LogP contribution in [0.25, 0.3) is 0 Å². The summed E-state index contributed by atoms with van der Waals surface area (Å²) in [5.74, 6) is -0.388. The summed E-state index contributed by atoms with van der Waals surface area (Å²) in [6.07, 6.45) is 0.888. The van der Waals surface area contributed by atoms with E-state index < -0.39 is 20.6 Å².